The second-order valence-corrected chi connectivity index (χ2v) is 9.43. The summed E-state index contributed by atoms with van der Waals surface area (Å²) in [6, 6.07) is 0. The highest BCUT2D eigenvalue weighted by atomic mass is 16.6. The third kappa shape index (κ3) is 9.67. The van der Waals surface area contributed by atoms with E-state index in [-0.39, 0.29) is 32.0 Å². The molecule has 0 bridgehead atoms. The molecule has 0 aromatic rings. The van der Waals surface area contributed by atoms with Crippen LogP contribution in [0.25, 0.3) is 0 Å². The van der Waals surface area contributed by atoms with E-state index in [4.69, 9.17) is 9.84 Å². The first-order chi connectivity index (χ1) is 15.8. The fourth-order valence-corrected chi connectivity index (χ4v) is 4.20. The Bertz CT molecular complexity index is 665. The average Bonchev–Trinajstić information content (AvgIpc) is 2.80. The van der Waals surface area contributed by atoms with Crippen LogP contribution in [0.1, 0.15) is 65.2 Å². The molecule has 33 heavy (non-hydrogen) atoms. The first-order valence-electron chi connectivity index (χ1n) is 12.2. The summed E-state index contributed by atoms with van der Waals surface area (Å²) < 4.78 is 5.24. The summed E-state index contributed by atoms with van der Waals surface area (Å²) >= 11 is 0. The smallest absolute Gasteiger partial charge is 0.431 e. The highest BCUT2D eigenvalue weighted by Gasteiger charge is 2.34. The number of piperidine rings is 2. The number of ether oxygens (including phenoxy) is 1. The molecule has 0 aromatic heterocycles. The molecule has 0 radical (unpaired) electrons. The van der Waals surface area contributed by atoms with Gasteiger partial charge in [0.2, 0.25) is 5.91 Å². The Morgan fingerprint density at radius 1 is 1.15 bits per heavy atom. The first kappa shape index (κ1) is 27.0. The van der Waals surface area contributed by atoms with E-state index in [0.717, 1.165) is 37.4 Å². The molecule has 1 atom stereocenters. The molecule has 0 aromatic carbocycles. The number of carboxylic acids is 1. The number of hydrogen-bond donors (Lipinski definition) is 3. The topological polar surface area (TPSA) is 128 Å². The number of carboxylic acid groups (broad SMARTS) is 1. The SMILES string of the molecule is CC(C)CCOC(=O)N(NCCC(=O)O)C(=O)[C@@H]1CCCN(C(=O)CCC2CCNCC2)C1. The third-order valence-corrected chi connectivity index (χ3v) is 6.28. The number of nitrogens with one attached hydrogen (secondary N) is 2. The summed E-state index contributed by atoms with van der Waals surface area (Å²) in [7, 11) is 0. The highest BCUT2D eigenvalue weighted by Crippen LogP contribution is 2.22. The number of hydrazine groups is 1. The lowest BCUT2D eigenvalue weighted by Crippen LogP contribution is -2.53. The van der Waals surface area contributed by atoms with Crippen molar-refractivity contribution in [3.05, 3.63) is 0 Å². The van der Waals surface area contributed by atoms with Crippen molar-refractivity contribution >= 4 is 23.9 Å². The minimum absolute atomic E-state index is 0.0518. The van der Waals surface area contributed by atoms with E-state index in [0.29, 0.717) is 44.1 Å². The molecule has 10 nitrogen and oxygen atoms in total. The summed E-state index contributed by atoms with van der Waals surface area (Å²) in [5.41, 5.74) is 2.62. The minimum Gasteiger partial charge on any atom is -0.481 e. The number of amides is 3. The molecule has 3 amide bonds. The quantitative estimate of drug-likeness (QED) is 0.393. The predicted molar refractivity (Wildman–Crippen MR) is 122 cm³/mol. The highest BCUT2D eigenvalue weighted by molar-refractivity contribution is 5.93. The summed E-state index contributed by atoms with van der Waals surface area (Å²) in [5, 5.41) is 13.0. The van der Waals surface area contributed by atoms with E-state index in [2.05, 4.69) is 10.7 Å². The Hall–Kier alpha value is -2.20. The molecule has 2 saturated heterocycles. The number of nitrogens with zero attached hydrogens (tertiary/aromatic N) is 2. The van der Waals surface area contributed by atoms with Crippen LogP contribution < -0.4 is 10.7 Å². The van der Waals surface area contributed by atoms with Gasteiger partial charge in [0.1, 0.15) is 0 Å². The zero-order chi connectivity index (χ0) is 24.2. The standard InChI is InChI=1S/C23H40N4O6/c1-17(2)10-15-33-23(32)27(25-13-9-21(29)30)22(31)19-4-3-14-26(16-19)20(28)6-5-18-7-11-24-12-8-18/h17-19,24-25H,3-16H2,1-2H3,(H,29,30)/t19-/m1/s1. The van der Waals surface area contributed by atoms with E-state index >= 15 is 0 Å². The molecular weight excluding hydrogens is 428 g/mol. The van der Waals surface area contributed by atoms with Crippen LogP contribution in [0.3, 0.4) is 0 Å². The van der Waals surface area contributed by atoms with Gasteiger partial charge in [0.25, 0.3) is 5.91 Å². The molecule has 2 aliphatic heterocycles. The second kappa shape index (κ2) is 14.1. The Kier molecular flexibility index (Phi) is 11.6. The van der Waals surface area contributed by atoms with E-state index < -0.39 is 23.9 Å². The maximum Gasteiger partial charge on any atom is 0.431 e. The molecule has 188 valence electrons. The Labute approximate surface area is 196 Å². The van der Waals surface area contributed by atoms with Crippen LogP contribution in [0.2, 0.25) is 0 Å². The number of hydrogen-bond acceptors (Lipinski definition) is 7. The monoisotopic (exact) mass is 468 g/mol. The zero-order valence-corrected chi connectivity index (χ0v) is 20.0. The van der Waals surface area contributed by atoms with Crippen molar-refractivity contribution in [3.8, 4) is 0 Å². The van der Waals surface area contributed by atoms with Crippen LogP contribution in [0.4, 0.5) is 4.79 Å². The van der Waals surface area contributed by atoms with Gasteiger partial charge in [0, 0.05) is 26.1 Å². The van der Waals surface area contributed by atoms with Crippen molar-refractivity contribution in [2.24, 2.45) is 17.8 Å². The maximum absolute atomic E-state index is 13.2. The fraction of sp³-hybridized carbons (Fsp3) is 0.826. The zero-order valence-electron chi connectivity index (χ0n) is 20.0. The minimum atomic E-state index is -1.04. The third-order valence-electron chi connectivity index (χ3n) is 6.28. The van der Waals surface area contributed by atoms with Gasteiger partial charge in [-0.1, -0.05) is 13.8 Å². The Morgan fingerprint density at radius 2 is 1.88 bits per heavy atom. The molecule has 0 unspecified atom stereocenters. The van der Waals surface area contributed by atoms with Crippen molar-refractivity contribution in [3.63, 3.8) is 0 Å². The van der Waals surface area contributed by atoms with Crippen molar-refractivity contribution in [2.75, 3.05) is 39.3 Å². The van der Waals surface area contributed by atoms with Crippen LogP contribution in [-0.2, 0) is 19.1 Å². The lowest BCUT2D eigenvalue weighted by atomic mass is 9.92. The van der Waals surface area contributed by atoms with E-state index in [1.807, 2.05) is 13.8 Å². The van der Waals surface area contributed by atoms with Crippen LogP contribution in [0.5, 0.6) is 0 Å². The van der Waals surface area contributed by atoms with Gasteiger partial charge in [-0.15, -0.1) is 0 Å². The average molecular weight is 469 g/mol. The molecule has 3 N–H and O–H groups in total. The molecule has 2 rings (SSSR count). The van der Waals surface area contributed by atoms with E-state index in [1.165, 1.54) is 0 Å². The van der Waals surface area contributed by atoms with Gasteiger partial charge >= 0.3 is 12.1 Å². The molecule has 0 aliphatic carbocycles. The largest absolute Gasteiger partial charge is 0.481 e. The van der Waals surface area contributed by atoms with E-state index in [1.54, 1.807) is 4.90 Å². The Morgan fingerprint density at radius 3 is 2.55 bits per heavy atom. The lowest BCUT2D eigenvalue weighted by molar-refractivity contribution is -0.143. The molecule has 0 spiro atoms. The van der Waals surface area contributed by atoms with Crippen molar-refractivity contribution in [1.82, 2.24) is 20.7 Å². The van der Waals surface area contributed by atoms with Gasteiger partial charge in [-0.2, -0.15) is 5.01 Å². The number of rotatable bonds is 11. The first-order valence-corrected chi connectivity index (χ1v) is 12.2. The van der Waals surface area contributed by atoms with Gasteiger partial charge in [-0.05, 0) is 63.5 Å². The number of imide groups is 1. The number of aliphatic carboxylic acids is 1. The fourth-order valence-electron chi connectivity index (χ4n) is 4.20. The van der Waals surface area contributed by atoms with Gasteiger partial charge in [-0.25, -0.2) is 10.2 Å². The normalized spacial score (nSPS) is 19.4. The van der Waals surface area contributed by atoms with Gasteiger partial charge < -0.3 is 20.1 Å². The molecule has 10 heteroatoms. The number of likely N-dealkylation sites (tertiary alicyclic amines) is 1. The molecule has 2 aliphatic rings. The van der Waals surface area contributed by atoms with Crippen molar-refractivity contribution < 1.29 is 29.0 Å². The summed E-state index contributed by atoms with van der Waals surface area (Å²) in [4.78, 5) is 51.1. The van der Waals surface area contributed by atoms with Crippen LogP contribution in [0.15, 0.2) is 0 Å². The summed E-state index contributed by atoms with van der Waals surface area (Å²) in [6.07, 6.45) is 4.34. The van der Waals surface area contributed by atoms with Gasteiger partial charge in [0.15, 0.2) is 0 Å². The molecule has 2 fully saturated rings. The molecule has 0 saturated carbocycles. The van der Waals surface area contributed by atoms with E-state index in [9.17, 15) is 19.2 Å². The molecular formula is C23H40N4O6. The van der Waals surface area contributed by atoms with Crippen LogP contribution in [0, 0.1) is 17.8 Å². The Balaban J connectivity index is 1.92. The van der Waals surface area contributed by atoms with Crippen LogP contribution >= 0.6 is 0 Å². The maximum atomic E-state index is 13.2. The summed E-state index contributed by atoms with van der Waals surface area (Å²) in [6.45, 7) is 6.97. The lowest BCUT2D eigenvalue weighted by Gasteiger charge is -2.34. The van der Waals surface area contributed by atoms with Crippen LogP contribution in [-0.4, -0.2) is 78.2 Å². The second-order valence-electron chi connectivity index (χ2n) is 9.43. The number of carbonyl (C=O) groups excluding carboxylic acids is 3. The summed E-state index contributed by atoms with van der Waals surface area (Å²) in [5.74, 6) is -1.10. The van der Waals surface area contributed by atoms with Crippen molar-refractivity contribution in [2.45, 2.75) is 65.2 Å². The van der Waals surface area contributed by atoms with Crippen molar-refractivity contribution in [1.29, 1.82) is 0 Å². The molecule has 2 heterocycles. The van der Waals surface area contributed by atoms with Gasteiger partial charge in [-0.3, -0.25) is 14.4 Å². The predicted octanol–water partition coefficient (Wildman–Crippen LogP) is 2.00. The number of carbonyl (C=O) groups is 4. The van der Waals surface area contributed by atoms with Gasteiger partial charge in [0.05, 0.1) is 18.9 Å².